The number of alkyl carbamates (subject to hydrolysis) is 1. The Morgan fingerprint density at radius 1 is 0.721 bits per heavy atom. The van der Waals surface area contributed by atoms with E-state index in [9.17, 15) is 14.4 Å². The number of hydrogen-bond acceptors (Lipinski definition) is 6. The number of carbonyl (C=O) groups excluding carboxylic acids is 3. The van der Waals surface area contributed by atoms with Crippen molar-refractivity contribution < 1.29 is 28.6 Å². The first-order valence-electron chi connectivity index (χ1n) is 17.0. The molecule has 0 saturated carbocycles. The van der Waals surface area contributed by atoms with E-state index in [4.69, 9.17) is 14.2 Å². The van der Waals surface area contributed by atoms with Crippen molar-refractivity contribution in [3.8, 4) is 0 Å². The van der Waals surface area contributed by atoms with Crippen molar-refractivity contribution in [1.82, 2.24) is 5.32 Å². The largest absolute Gasteiger partial charge is 0.465 e. The van der Waals surface area contributed by atoms with Gasteiger partial charge >= 0.3 is 18.0 Å². The van der Waals surface area contributed by atoms with E-state index in [2.05, 4.69) is 19.2 Å². The van der Waals surface area contributed by atoms with Gasteiger partial charge in [0.2, 0.25) is 0 Å². The van der Waals surface area contributed by atoms with Gasteiger partial charge in [0, 0.05) is 12.3 Å². The molecule has 0 fully saturated rings. The van der Waals surface area contributed by atoms with Gasteiger partial charge < -0.3 is 19.5 Å². The van der Waals surface area contributed by atoms with Gasteiger partial charge in [-0.05, 0) is 24.3 Å². The smallest absolute Gasteiger partial charge is 0.408 e. The molecule has 1 rings (SSSR count). The van der Waals surface area contributed by atoms with Gasteiger partial charge in [0.1, 0.15) is 12.6 Å². The van der Waals surface area contributed by atoms with Crippen molar-refractivity contribution in [2.75, 3.05) is 13.2 Å². The third kappa shape index (κ3) is 20.9. The van der Waals surface area contributed by atoms with Crippen LogP contribution in [0.15, 0.2) is 30.3 Å². The first-order chi connectivity index (χ1) is 20.9. The summed E-state index contributed by atoms with van der Waals surface area (Å²) in [5, 5.41) is 2.60. The fourth-order valence-corrected chi connectivity index (χ4v) is 4.82. The summed E-state index contributed by atoms with van der Waals surface area (Å²) in [5.41, 5.74) is 0.855. The molecule has 245 valence electrons. The molecule has 1 aromatic carbocycles. The highest BCUT2D eigenvalue weighted by Crippen LogP contribution is 2.15. The van der Waals surface area contributed by atoms with Crippen molar-refractivity contribution >= 4 is 18.0 Å². The molecule has 0 spiro atoms. The van der Waals surface area contributed by atoms with Crippen LogP contribution in [0.4, 0.5) is 4.79 Å². The Balaban J connectivity index is 2.11. The normalized spacial score (nSPS) is 12.5. The van der Waals surface area contributed by atoms with Crippen LogP contribution in [-0.4, -0.2) is 37.3 Å². The molecular weight excluding hydrogens is 542 g/mol. The summed E-state index contributed by atoms with van der Waals surface area (Å²) in [6, 6.07) is 8.48. The Morgan fingerprint density at radius 3 is 1.74 bits per heavy atom. The zero-order valence-electron chi connectivity index (χ0n) is 27.4. The molecule has 0 heterocycles. The molecule has 0 aliphatic heterocycles. The SMILES string of the molecule is [CH2]CC(COC(=O)CCCCCCCCCCCCCCCCC)COC(=O)[C@@H](NC(=O)OCc1ccccc1)C(C)C. The van der Waals surface area contributed by atoms with Gasteiger partial charge in [0.15, 0.2) is 0 Å². The summed E-state index contributed by atoms with van der Waals surface area (Å²) in [6.45, 7) is 10.1. The minimum absolute atomic E-state index is 0.0680. The summed E-state index contributed by atoms with van der Waals surface area (Å²) in [6.07, 6.45) is 19.5. The summed E-state index contributed by atoms with van der Waals surface area (Å²) >= 11 is 0. The number of amides is 1. The third-order valence-electron chi connectivity index (χ3n) is 7.74. The van der Waals surface area contributed by atoms with E-state index in [1.54, 1.807) is 0 Å². The van der Waals surface area contributed by atoms with E-state index >= 15 is 0 Å². The van der Waals surface area contributed by atoms with E-state index in [1.807, 2.05) is 44.2 Å². The Morgan fingerprint density at radius 2 is 1.23 bits per heavy atom. The maximum Gasteiger partial charge on any atom is 0.408 e. The predicted octanol–water partition coefficient (Wildman–Crippen LogP) is 9.13. The molecule has 0 aromatic heterocycles. The van der Waals surface area contributed by atoms with Gasteiger partial charge in [-0.3, -0.25) is 4.79 Å². The molecule has 1 unspecified atom stereocenters. The molecule has 1 N–H and O–H groups in total. The molecule has 2 atom stereocenters. The van der Waals surface area contributed by atoms with E-state index < -0.39 is 18.1 Å². The van der Waals surface area contributed by atoms with Crippen LogP contribution in [0.1, 0.15) is 135 Å². The summed E-state index contributed by atoms with van der Waals surface area (Å²) in [7, 11) is 0. The predicted molar refractivity (Wildman–Crippen MR) is 173 cm³/mol. The lowest BCUT2D eigenvalue weighted by molar-refractivity contribution is -0.151. The molecule has 7 nitrogen and oxygen atoms in total. The topological polar surface area (TPSA) is 90.9 Å². The van der Waals surface area contributed by atoms with Crippen LogP contribution in [0.3, 0.4) is 0 Å². The highest BCUT2D eigenvalue weighted by molar-refractivity contribution is 5.81. The van der Waals surface area contributed by atoms with Crippen LogP contribution in [0.2, 0.25) is 0 Å². The van der Waals surface area contributed by atoms with E-state index in [-0.39, 0.29) is 37.6 Å². The Bertz CT molecular complexity index is 843. The molecular formula is C36H60NO6. The Hall–Kier alpha value is -2.57. The zero-order chi connectivity index (χ0) is 31.5. The number of carbonyl (C=O) groups is 3. The fourth-order valence-electron chi connectivity index (χ4n) is 4.82. The molecule has 0 bridgehead atoms. The lowest BCUT2D eigenvalue weighted by Crippen LogP contribution is -2.46. The van der Waals surface area contributed by atoms with Gasteiger partial charge in [-0.1, -0.05) is 148 Å². The number of esters is 2. The van der Waals surface area contributed by atoms with Crippen molar-refractivity contribution in [1.29, 1.82) is 0 Å². The molecule has 1 aromatic rings. The number of hydrogen-bond donors (Lipinski definition) is 1. The van der Waals surface area contributed by atoms with Gasteiger partial charge in [-0.25, -0.2) is 9.59 Å². The molecule has 1 radical (unpaired) electrons. The summed E-state index contributed by atoms with van der Waals surface area (Å²) < 4.78 is 16.1. The maximum absolute atomic E-state index is 12.7. The van der Waals surface area contributed by atoms with Crippen LogP contribution in [-0.2, 0) is 30.4 Å². The molecule has 7 heteroatoms. The molecule has 1 amide bonds. The van der Waals surface area contributed by atoms with Crippen molar-refractivity contribution in [2.24, 2.45) is 11.8 Å². The van der Waals surface area contributed by atoms with Crippen LogP contribution < -0.4 is 5.32 Å². The van der Waals surface area contributed by atoms with Crippen molar-refractivity contribution in [3.63, 3.8) is 0 Å². The molecule has 0 saturated heterocycles. The van der Waals surface area contributed by atoms with Crippen LogP contribution in [0.25, 0.3) is 0 Å². The Labute approximate surface area is 262 Å². The van der Waals surface area contributed by atoms with Gasteiger partial charge in [-0.2, -0.15) is 0 Å². The van der Waals surface area contributed by atoms with Crippen molar-refractivity contribution in [3.05, 3.63) is 42.8 Å². The number of unbranched alkanes of at least 4 members (excludes halogenated alkanes) is 14. The van der Waals surface area contributed by atoms with Gasteiger partial charge in [0.25, 0.3) is 0 Å². The average Bonchev–Trinajstić information content (AvgIpc) is 3.01. The van der Waals surface area contributed by atoms with Crippen LogP contribution in [0.5, 0.6) is 0 Å². The van der Waals surface area contributed by atoms with E-state index in [1.165, 1.54) is 77.0 Å². The average molecular weight is 603 g/mol. The fraction of sp³-hybridized carbons (Fsp3) is 0.722. The minimum atomic E-state index is -0.846. The maximum atomic E-state index is 12.7. The van der Waals surface area contributed by atoms with Gasteiger partial charge in [-0.15, -0.1) is 0 Å². The highest BCUT2D eigenvalue weighted by atomic mass is 16.6. The molecule has 0 aliphatic rings. The first kappa shape index (κ1) is 38.5. The lowest BCUT2D eigenvalue weighted by Gasteiger charge is -2.22. The van der Waals surface area contributed by atoms with E-state index in [0.29, 0.717) is 12.8 Å². The minimum Gasteiger partial charge on any atom is -0.465 e. The van der Waals surface area contributed by atoms with Crippen molar-refractivity contribution in [2.45, 2.75) is 143 Å². The standard InChI is InChI=1S/C36H60NO6/c1-5-7-8-9-10-11-12-13-14-15-16-17-18-19-23-26-33(38)41-27-31(6-2)28-42-35(39)34(30(3)4)37-36(40)43-29-32-24-21-20-22-25-32/h20-22,24-25,30-31,34H,2,5-19,23,26-29H2,1,3-4H3,(H,37,40)/t31?,34-/m0/s1. The summed E-state index contributed by atoms with van der Waals surface area (Å²) in [4.78, 5) is 37.2. The molecule has 43 heavy (non-hydrogen) atoms. The highest BCUT2D eigenvalue weighted by Gasteiger charge is 2.27. The third-order valence-corrected chi connectivity index (χ3v) is 7.74. The lowest BCUT2D eigenvalue weighted by atomic mass is 10.0. The van der Waals surface area contributed by atoms with Crippen LogP contribution >= 0.6 is 0 Å². The quantitative estimate of drug-likeness (QED) is 0.0646. The Kier molecular flexibility index (Phi) is 23.1. The first-order valence-corrected chi connectivity index (χ1v) is 17.0. The second-order valence-electron chi connectivity index (χ2n) is 12.1. The second-order valence-corrected chi connectivity index (χ2v) is 12.1. The number of rotatable bonds is 26. The monoisotopic (exact) mass is 602 g/mol. The van der Waals surface area contributed by atoms with Gasteiger partial charge in [0.05, 0.1) is 13.2 Å². The zero-order valence-corrected chi connectivity index (χ0v) is 27.4. The number of nitrogens with one attached hydrogen (secondary N) is 1. The van der Waals surface area contributed by atoms with Crippen LogP contribution in [0, 0.1) is 18.8 Å². The molecule has 0 aliphatic carbocycles. The van der Waals surface area contributed by atoms with E-state index in [0.717, 1.165) is 24.8 Å². The number of ether oxygens (including phenoxy) is 3. The summed E-state index contributed by atoms with van der Waals surface area (Å²) in [5.74, 6) is -1.16. The number of benzene rings is 1. The second kappa shape index (κ2) is 25.9.